The lowest BCUT2D eigenvalue weighted by atomic mass is 9.90. The van der Waals surface area contributed by atoms with E-state index in [1.54, 1.807) is 18.2 Å². The van der Waals surface area contributed by atoms with E-state index in [0.717, 1.165) is 30.0 Å². The SMILES string of the molecule is COC(=O)N1CCCC(NS(C)(=O)=O)C1Cc1cccc(-c2cc(F)ccc2F)c1. The van der Waals surface area contributed by atoms with E-state index in [1.807, 2.05) is 6.07 Å². The van der Waals surface area contributed by atoms with E-state index in [0.29, 0.717) is 31.4 Å². The van der Waals surface area contributed by atoms with Crippen LogP contribution in [0.25, 0.3) is 11.1 Å². The molecule has 3 rings (SSSR count). The van der Waals surface area contributed by atoms with Crippen molar-refractivity contribution in [2.45, 2.75) is 31.3 Å². The quantitative estimate of drug-likeness (QED) is 0.777. The van der Waals surface area contributed by atoms with Gasteiger partial charge in [0, 0.05) is 18.2 Å². The fourth-order valence-electron chi connectivity index (χ4n) is 3.89. The van der Waals surface area contributed by atoms with Crippen LogP contribution in [0.1, 0.15) is 18.4 Å². The Bertz CT molecular complexity index is 1030. The molecule has 9 heteroatoms. The number of sulfonamides is 1. The summed E-state index contributed by atoms with van der Waals surface area (Å²) in [5.41, 5.74) is 1.39. The van der Waals surface area contributed by atoms with Crippen molar-refractivity contribution in [1.82, 2.24) is 9.62 Å². The maximum Gasteiger partial charge on any atom is 0.409 e. The molecule has 2 aromatic carbocycles. The van der Waals surface area contributed by atoms with Gasteiger partial charge in [-0.2, -0.15) is 0 Å². The van der Waals surface area contributed by atoms with Gasteiger partial charge < -0.3 is 9.64 Å². The summed E-state index contributed by atoms with van der Waals surface area (Å²) >= 11 is 0. The van der Waals surface area contributed by atoms with Crippen LogP contribution in [0.2, 0.25) is 0 Å². The Balaban J connectivity index is 1.93. The number of hydrogen-bond acceptors (Lipinski definition) is 4. The molecule has 0 aliphatic carbocycles. The molecular weight excluding hydrogens is 414 g/mol. The molecule has 1 aliphatic rings. The van der Waals surface area contributed by atoms with Gasteiger partial charge in [-0.1, -0.05) is 24.3 Å². The lowest BCUT2D eigenvalue weighted by Gasteiger charge is -2.40. The number of likely N-dealkylation sites (tertiary alicyclic amines) is 1. The van der Waals surface area contributed by atoms with Gasteiger partial charge in [0.1, 0.15) is 11.6 Å². The number of nitrogens with zero attached hydrogens (tertiary/aromatic N) is 1. The molecule has 2 unspecified atom stereocenters. The second-order valence-electron chi connectivity index (χ2n) is 7.40. The summed E-state index contributed by atoms with van der Waals surface area (Å²) in [5, 5.41) is 0. The van der Waals surface area contributed by atoms with Crippen molar-refractivity contribution in [2.75, 3.05) is 19.9 Å². The molecule has 0 saturated carbocycles. The highest BCUT2D eigenvalue weighted by Gasteiger charge is 2.36. The van der Waals surface area contributed by atoms with E-state index < -0.39 is 39.8 Å². The topological polar surface area (TPSA) is 75.7 Å². The Morgan fingerprint density at radius 1 is 1.23 bits per heavy atom. The van der Waals surface area contributed by atoms with Crippen LogP contribution in [0.5, 0.6) is 0 Å². The first-order chi connectivity index (χ1) is 14.2. The number of amides is 1. The molecule has 0 aromatic heterocycles. The summed E-state index contributed by atoms with van der Waals surface area (Å²) < 4.78 is 58.9. The summed E-state index contributed by atoms with van der Waals surface area (Å²) in [6.07, 6.45) is 2.07. The molecule has 1 heterocycles. The zero-order valence-electron chi connectivity index (χ0n) is 16.8. The van der Waals surface area contributed by atoms with Crippen LogP contribution < -0.4 is 4.72 Å². The lowest BCUT2D eigenvalue weighted by molar-refractivity contribution is 0.0792. The van der Waals surface area contributed by atoms with Crippen LogP contribution in [0.3, 0.4) is 0 Å². The van der Waals surface area contributed by atoms with Gasteiger partial charge in [-0.05, 0) is 48.6 Å². The summed E-state index contributed by atoms with van der Waals surface area (Å²) in [5.74, 6) is -1.09. The number of ether oxygens (including phenoxy) is 1. The monoisotopic (exact) mass is 438 g/mol. The third-order valence-electron chi connectivity index (χ3n) is 5.16. The van der Waals surface area contributed by atoms with Crippen LogP contribution in [0, 0.1) is 11.6 Å². The molecule has 1 N–H and O–H groups in total. The van der Waals surface area contributed by atoms with Crippen LogP contribution >= 0.6 is 0 Å². The highest BCUT2D eigenvalue weighted by Crippen LogP contribution is 2.27. The van der Waals surface area contributed by atoms with E-state index in [2.05, 4.69) is 4.72 Å². The van der Waals surface area contributed by atoms with E-state index >= 15 is 0 Å². The maximum absolute atomic E-state index is 14.2. The van der Waals surface area contributed by atoms with Crippen molar-refractivity contribution < 1.29 is 26.7 Å². The second kappa shape index (κ2) is 9.09. The number of methoxy groups -OCH3 is 1. The largest absolute Gasteiger partial charge is 0.453 e. The minimum absolute atomic E-state index is 0.135. The van der Waals surface area contributed by atoms with Crippen LogP contribution in [-0.2, 0) is 21.2 Å². The van der Waals surface area contributed by atoms with Gasteiger partial charge in [-0.3, -0.25) is 0 Å². The van der Waals surface area contributed by atoms with E-state index in [-0.39, 0.29) is 5.56 Å². The number of carbonyl (C=O) groups is 1. The molecular formula is C21H24F2N2O4S. The molecule has 30 heavy (non-hydrogen) atoms. The van der Waals surface area contributed by atoms with Crippen molar-refractivity contribution in [3.8, 4) is 11.1 Å². The van der Waals surface area contributed by atoms with Crippen LogP contribution in [0.15, 0.2) is 42.5 Å². The highest BCUT2D eigenvalue weighted by atomic mass is 32.2. The molecule has 0 spiro atoms. The zero-order valence-corrected chi connectivity index (χ0v) is 17.6. The van der Waals surface area contributed by atoms with Crippen LogP contribution in [-0.4, -0.2) is 51.4 Å². The Labute approximate surface area is 174 Å². The Morgan fingerprint density at radius 3 is 2.70 bits per heavy atom. The van der Waals surface area contributed by atoms with E-state index in [4.69, 9.17) is 4.74 Å². The lowest BCUT2D eigenvalue weighted by Crippen LogP contribution is -2.57. The molecule has 1 amide bonds. The van der Waals surface area contributed by atoms with E-state index in [1.165, 1.54) is 12.0 Å². The summed E-state index contributed by atoms with van der Waals surface area (Å²) in [4.78, 5) is 13.8. The average molecular weight is 438 g/mol. The number of halogens is 2. The molecule has 0 radical (unpaired) electrons. The van der Waals surface area contributed by atoms with Crippen molar-refractivity contribution in [3.05, 3.63) is 59.7 Å². The first-order valence-corrected chi connectivity index (χ1v) is 11.4. The van der Waals surface area contributed by atoms with Gasteiger partial charge in [0.15, 0.2) is 0 Å². The molecule has 6 nitrogen and oxygen atoms in total. The average Bonchev–Trinajstić information content (AvgIpc) is 2.69. The summed E-state index contributed by atoms with van der Waals surface area (Å²) in [7, 11) is -2.21. The summed E-state index contributed by atoms with van der Waals surface area (Å²) in [6.45, 7) is 0.442. The van der Waals surface area contributed by atoms with Gasteiger partial charge in [-0.15, -0.1) is 0 Å². The Hall–Kier alpha value is -2.52. The standard InChI is InChI=1S/C21H24F2N2O4S/c1-29-21(26)25-10-4-7-19(24-30(2,27)28)20(25)12-14-5-3-6-15(11-14)17-13-16(22)8-9-18(17)23/h3,5-6,8-9,11,13,19-20,24H,4,7,10,12H2,1-2H3. The number of carbonyl (C=O) groups excluding carboxylic acids is 1. The maximum atomic E-state index is 14.2. The molecule has 2 atom stereocenters. The van der Waals surface area contributed by atoms with Gasteiger partial charge in [0.05, 0.1) is 19.4 Å². The summed E-state index contributed by atoms with van der Waals surface area (Å²) in [6, 6.07) is 9.22. The number of hydrogen-bond donors (Lipinski definition) is 1. The van der Waals surface area contributed by atoms with Gasteiger partial charge >= 0.3 is 6.09 Å². The number of rotatable bonds is 5. The number of benzene rings is 2. The Morgan fingerprint density at radius 2 is 2.00 bits per heavy atom. The molecule has 2 aromatic rings. The zero-order chi connectivity index (χ0) is 21.9. The van der Waals surface area contributed by atoms with Crippen molar-refractivity contribution in [1.29, 1.82) is 0 Å². The molecule has 1 fully saturated rings. The van der Waals surface area contributed by atoms with Crippen LogP contribution in [0.4, 0.5) is 13.6 Å². The van der Waals surface area contributed by atoms with Crippen molar-refractivity contribution >= 4 is 16.1 Å². The highest BCUT2D eigenvalue weighted by molar-refractivity contribution is 7.88. The molecule has 1 saturated heterocycles. The fraction of sp³-hybridized carbons (Fsp3) is 0.381. The Kier molecular flexibility index (Phi) is 6.72. The first-order valence-electron chi connectivity index (χ1n) is 9.54. The normalized spacial score (nSPS) is 19.5. The fourth-order valence-corrected chi connectivity index (χ4v) is 4.72. The minimum Gasteiger partial charge on any atom is -0.453 e. The molecule has 1 aliphatic heterocycles. The predicted octanol–water partition coefficient (Wildman–Crippen LogP) is 3.32. The predicted molar refractivity (Wildman–Crippen MR) is 109 cm³/mol. The molecule has 162 valence electrons. The first kappa shape index (κ1) is 22.2. The molecule has 0 bridgehead atoms. The number of piperidine rings is 1. The van der Waals surface area contributed by atoms with E-state index in [9.17, 15) is 22.0 Å². The van der Waals surface area contributed by atoms with Gasteiger partial charge in [-0.25, -0.2) is 26.7 Å². The number of nitrogens with one attached hydrogen (secondary N) is 1. The van der Waals surface area contributed by atoms with Crippen molar-refractivity contribution in [3.63, 3.8) is 0 Å². The minimum atomic E-state index is -3.49. The van der Waals surface area contributed by atoms with Gasteiger partial charge in [0.2, 0.25) is 10.0 Å². The third-order valence-corrected chi connectivity index (χ3v) is 5.90. The third kappa shape index (κ3) is 5.34. The van der Waals surface area contributed by atoms with Crippen molar-refractivity contribution in [2.24, 2.45) is 0 Å². The second-order valence-corrected chi connectivity index (χ2v) is 9.18. The van der Waals surface area contributed by atoms with Gasteiger partial charge in [0.25, 0.3) is 0 Å². The smallest absolute Gasteiger partial charge is 0.409 e.